The molecule has 1 atom stereocenters. The number of rotatable bonds is 4. The summed E-state index contributed by atoms with van der Waals surface area (Å²) in [5.74, 6) is 0.200. The van der Waals surface area contributed by atoms with Crippen LogP contribution in [0.5, 0.6) is 0 Å². The summed E-state index contributed by atoms with van der Waals surface area (Å²) >= 11 is 1.63. The fourth-order valence-electron chi connectivity index (χ4n) is 2.30. The van der Waals surface area contributed by atoms with E-state index in [4.69, 9.17) is 0 Å². The van der Waals surface area contributed by atoms with Gasteiger partial charge in [-0.3, -0.25) is 4.79 Å². The van der Waals surface area contributed by atoms with Crippen molar-refractivity contribution in [1.29, 1.82) is 0 Å². The number of aryl methyl sites for hydroxylation is 1. The second-order valence-corrected chi connectivity index (χ2v) is 5.53. The van der Waals surface area contributed by atoms with Crippen LogP contribution in [0.4, 0.5) is 0 Å². The lowest BCUT2D eigenvalue weighted by molar-refractivity contribution is 0.0709. The topological polar surface area (TPSA) is 32.3 Å². The molecule has 0 saturated carbocycles. The van der Waals surface area contributed by atoms with Crippen LogP contribution in [0.2, 0.25) is 0 Å². The Labute approximate surface area is 107 Å². The molecule has 1 aliphatic rings. The van der Waals surface area contributed by atoms with E-state index < -0.39 is 0 Å². The molecule has 0 spiro atoms. The van der Waals surface area contributed by atoms with Crippen molar-refractivity contribution in [1.82, 2.24) is 10.2 Å². The van der Waals surface area contributed by atoms with Gasteiger partial charge in [0.05, 0.1) is 4.88 Å². The lowest BCUT2D eigenvalue weighted by atomic mass is 10.2. The highest BCUT2D eigenvalue weighted by Gasteiger charge is 2.26. The Morgan fingerprint density at radius 1 is 1.53 bits per heavy atom. The van der Waals surface area contributed by atoms with Gasteiger partial charge >= 0.3 is 0 Å². The highest BCUT2D eigenvalue weighted by molar-refractivity contribution is 7.14. The van der Waals surface area contributed by atoms with Gasteiger partial charge in [-0.1, -0.05) is 6.92 Å². The van der Waals surface area contributed by atoms with Crippen molar-refractivity contribution in [3.63, 3.8) is 0 Å². The second-order valence-electron chi connectivity index (χ2n) is 4.36. The van der Waals surface area contributed by atoms with E-state index in [0.717, 1.165) is 37.4 Å². The van der Waals surface area contributed by atoms with E-state index in [1.165, 1.54) is 4.88 Å². The fraction of sp³-hybridized carbons (Fsp3) is 0.615. The SMILES string of the molecule is CCc1ccc(C(=O)N(CC)C2CCNC2)s1. The van der Waals surface area contributed by atoms with Crippen LogP contribution in [0.3, 0.4) is 0 Å². The summed E-state index contributed by atoms with van der Waals surface area (Å²) in [4.78, 5) is 16.6. The third kappa shape index (κ3) is 2.69. The van der Waals surface area contributed by atoms with Gasteiger partial charge in [0.25, 0.3) is 5.91 Å². The Kier molecular flexibility index (Phi) is 4.18. The molecule has 3 nitrogen and oxygen atoms in total. The zero-order valence-electron chi connectivity index (χ0n) is 10.5. The number of hydrogen-bond acceptors (Lipinski definition) is 3. The highest BCUT2D eigenvalue weighted by atomic mass is 32.1. The van der Waals surface area contributed by atoms with Crippen molar-refractivity contribution in [2.24, 2.45) is 0 Å². The molecular formula is C13H20N2OS. The van der Waals surface area contributed by atoms with Gasteiger partial charge in [0.1, 0.15) is 0 Å². The van der Waals surface area contributed by atoms with Crippen molar-refractivity contribution in [2.75, 3.05) is 19.6 Å². The molecule has 17 heavy (non-hydrogen) atoms. The maximum Gasteiger partial charge on any atom is 0.264 e. The summed E-state index contributed by atoms with van der Waals surface area (Å²) in [6.07, 6.45) is 2.08. The third-order valence-electron chi connectivity index (χ3n) is 3.30. The molecule has 1 unspecified atom stereocenters. The van der Waals surface area contributed by atoms with Gasteiger partial charge in [-0.15, -0.1) is 11.3 Å². The van der Waals surface area contributed by atoms with Crippen LogP contribution in [-0.4, -0.2) is 36.5 Å². The molecule has 1 saturated heterocycles. The maximum absolute atomic E-state index is 12.4. The molecule has 4 heteroatoms. The molecule has 0 aromatic carbocycles. The molecular weight excluding hydrogens is 232 g/mol. The molecule has 0 radical (unpaired) electrons. The van der Waals surface area contributed by atoms with Crippen molar-refractivity contribution >= 4 is 17.2 Å². The molecule has 1 N–H and O–H groups in total. The Balaban J connectivity index is 2.10. The number of hydrogen-bond donors (Lipinski definition) is 1. The minimum Gasteiger partial charge on any atom is -0.334 e. The van der Waals surface area contributed by atoms with Crippen LogP contribution >= 0.6 is 11.3 Å². The first-order valence-electron chi connectivity index (χ1n) is 6.36. The van der Waals surface area contributed by atoms with Gasteiger partial charge in [0.2, 0.25) is 0 Å². The van der Waals surface area contributed by atoms with Crippen LogP contribution in [-0.2, 0) is 6.42 Å². The largest absolute Gasteiger partial charge is 0.334 e. The van der Waals surface area contributed by atoms with Crippen LogP contribution in [0.15, 0.2) is 12.1 Å². The Morgan fingerprint density at radius 3 is 2.88 bits per heavy atom. The molecule has 94 valence electrons. The zero-order valence-corrected chi connectivity index (χ0v) is 11.3. The number of likely N-dealkylation sites (N-methyl/N-ethyl adjacent to an activating group) is 1. The zero-order chi connectivity index (χ0) is 12.3. The van der Waals surface area contributed by atoms with Gasteiger partial charge in [-0.2, -0.15) is 0 Å². The van der Waals surface area contributed by atoms with Crippen molar-refractivity contribution in [3.05, 3.63) is 21.9 Å². The molecule has 0 aliphatic carbocycles. The molecule has 2 heterocycles. The van der Waals surface area contributed by atoms with Gasteiger partial charge in [0.15, 0.2) is 0 Å². The quantitative estimate of drug-likeness (QED) is 0.890. The van der Waals surface area contributed by atoms with E-state index in [1.807, 2.05) is 11.0 Å². The summed E-state index contributed by atoms with van der Waals surface area (Å²) in [6, 6.07) is 4.41. The number of carbonyl (C=O) groups is 1. The monoisotopic (exact) mass is 252 g/mol. The molecule has 2 rings (SSSR count). The van der Waals surface area contributed by atoms with E-state index in [1.54, 1.807) is 11.3 Å². The number of nitrogens with one attached hydrogen (secondary N) is 1. The smallest absolute Gasteiger partial charge is 0.264 e. The van der Waals surface area contributed by atoms with Gasteiger partial charge in [-0.25, -0.2) is 0 Å². The summed E-state index contributed by atoms with van der Waals surface area (Å²) < 4.78 is 0. The van der Waals surface area contributed by atoms with E-state index in [-0.39, 0.29) is 5.91 Å². The Morgan fingerprint density at radius 2 is 2.35 bits per heavy atom. The third-order valence-corrected chi connectivity index (χ3v) is 4.52. The normalized spacial score (nSPS) is 19.5. The second kappa shape index (κ2) is 5.65. The van der Waals surface area contributed by atoms with E-state index in [0.29, 0.717) is 6.04 Å². The Hall–Kier alpha value is -0.870. The first-order chi connectivity index (χ1) is 8.26. The standard InChI is InChI=1S/C13H20N2OS/c1-3-11-5-6-12(17-11)13(16)15(4-2)10-7-8-14-9-10/h5-6,10,14H,3-4,7-9H2,1-2H3. The van der Waals surface area contributed by atoms with Crippen LogP contribution in [0.1, 0.15) is 34.8 Å². The molecule has 1 fully saturated rings. The predicted octanol–water partition coefficient (Wildman–Crippen LogP) is 2.13. The van der Waals surface area contributed by atoms with Gasteiger partial charge in [-0.05, 0) is 38.4 Å². The van der Waals surface area contributed by atoms with Gasteiger partial charge < -0.3 is 10.2 Å². The minimum atomic E-state index is 0.200. The first-order valence-corrected chi connectivity index (χ1v) is 7.18. The van der Waals surface area contributed by atoms with Crippen LogP contribution < -0.4 is 5.32 Å². The predicted molar refractivity (Wildman–Crippen MR) is 71.7 cm³/mol. The van der Waals surface area contributed by atoms with Gasteiger partial charge in [0, 0.05) is 24.0 Å². The van der Waals surface area contributed by atoms with Crippen molar-refractivity contribution < 1.29 is 4.79 Å². The van der Waals surface area contributed by atoms with Crippen LogP contribution in [0.25, 0.3) is 0 Å². The summed E-state index contributed by atoms with van der Waals surface area (Å²) in [5, 5.41) is 3.32. The van der Waals surface area contributed by atoms with E-state index in [2.05, 4.69) is 25.2 Å². The average molecular weight is 252 g/mol. The number of thiophene rings is 1. The van der Waals surface area contributed by atoms with Crippen molar-refractivity contribution in [2.45, 2.75) is 32.7 Å². The number of nitrogens with zero attached hydrogens (tertiary/aromatic N) is 1. The van der Waals surface area contributed by atoms with E-state index in [9.17, 15) is 4.79 Å². The first kappa shape index (κ1) is 12.6. The molecule has 1 amide bonds. The van der Waals surface area contributed by atoms with E-state index >= 15 is 0 Å². The molecule has 0 bridgehead atoms. The minimum absolute atomic E-state index is 0.200. The lowest BCUT2D eigenvalue weighted by Crippen LogP contribution is -2.41. The van der Waals surface area contributed by atoms with Crippen molar-refractivity contribution in [3.8, 4) is 0 Å². The molecule has 1 aromatic heterocycles. The molecule has 1 aliphatic heterocycles. The number of amides is 1. The number of carbonyl (C=O) groups excluding carboxylic acids is 1. The average Bonchev–Trinajstić information content (AvgIpc) is 3.00. The summed E-state index contributed by atoms with van der Waals surface area (Å²) in [6.45, 7) is 6.94. The summed E-state index contributed by atoms with van der Waals surface area (Å²) in [5.41, 5.74) is 0. The fourth-order valence-corrected chi connectivity index (χ4v) is 3.20. The maximum atomic E-state index is 12.4. The summed E-state index contributed by atoms with van der Waals surface area (Å²) in [7, 11) is 0. The highest BCUT2D eigenvalue weighted by Crippen LogP contribution is 2.21. The molecule has 1 aromatic rings. The van der Waals surface area contributed by atoms with Crippen LogP contribution in [0, 0.1) is 0 Å². The Bertz CT molecular complexity index is 383. The lowest BCUT2D eigenvalue weighted by Gasteiger charge is -2.26.